The Balaban J connectivity index is 1.73. The van der Waals surface area contributed by atoms with Crippen molar-refractivity contribution in [2.75, 3.05) is 10.2 Å². The molecule has 7 heteroatoms. The summed E-state index contributed by atoms with van der Waals surface area (Å²) >= 11 is 0. The highest BCUT2D eigenvalue weighted by molar-refractivity contribution is 6.00. The Morgan fingerprint density at radius 1 is 1.23 bits per heavy atom. The summed E-state index contributed by atoms with van der Waals surface area (Å²) in [6.45, 7) is 3.66. The van der Waals surface area contributed by atoms with Gasteiger partial charge in [-0.3, -0.25) is 4.79 Å². The standard InChI is InChI=1S/C19H19F3N2O2/c1-12-10-14-6-3-4-9-17(14)24(12)18(25)13(2)23-15-7-5-8-16(11-15)26-19(20,21)22/h3-9,11-13,23H,10H2,1-2H3/t12-,13-/m0/s1. The fourth-order valence-electron chi connectivity index (χ4n) is 3.20. The number of anilines is 2. The Bertz CT molecular complexity index is 807. The number of hydrogen-bond donors (Lipinski definition) is 1. The Kier molecular flexibility index (Phi) is 4.80. The van der Waals surface area contributed by atoms with E-state index < -0.39 is 12.4 Å². The van der Waals surface area contributed by atoms with Crippen LogP contribution in [-0.4, -0.2) is 24.4 Å². The number of ether oxygens (including phenoxy) is 1. The number of benzene rings is 2. The summed E-state index contributed by atoms with van der Waals surface area (Å²) in [4.78, 5) is 14.6. The molecule has 0 spiro atoms. The number of alkyl halides is 3. The summed E-state index contributed by atoms with van der Waals surface area (Å²) in [5.74, 6) is -0.466. The molecule has 0 bridgehead atoms. The highest BCUT2D eigenvalue weighted by Crippen LogP contribution is 2.32. The summed E-state index contributed by atoms with van der Waals surface area (Å²) in [7, 11) is 0. The van der Waals surface area contributed by atoms with Crippen molar-refractivity contribution in [1.29, 1.82) is 0 Å². The molecule has 0 aromatic heterocycles. The first-order valence-corrected chi connectivity index (χ1v) is 8.28. The number of carbonyl (C=O) groups is 1. The van der Waals surface area contributed by atoms with Crippen molar-refractivity contribution in [3.63, 3.8) is 0 Å². The molecule has 2 aromatic carbocycles. The number of nitrogens with one attached hydrogen (secondary N) is 1. The number of hydrogen-bond acceptors (Lipinski definition) is 3. The zero-order valence-corrected chi connectivity index (χ0v) is 14.4. The van der Waals surface area contributed by atoms with Crippen LogP contribution in [0.2, 0.25) is 0 Å². The summed E-state index contributed by atoms with van der Waals surface area (Å²) in [6.07, 6.45) is -3.97. The molecule has 1 aliphatic heterocycles. The summed E-state index contributed by atoms with van der Waals surface area (Å²) in [5.41, 5.74) is 2.38. The largest absolute Gasteiger partial charge is 0.573 e. The van der Waals surface area contributed by atoms with E-state index in [2.05, 4.69) is 10.1 Å². The Labute approximate surface area is 149 Å². The van der Waals surface area contributed by atoms with Crippen LogP contribution in [0.3, 0.4) is 0 Å². The molecule has 0 fully saturated rings. The second-order valence-electron chi connectivity index (χ2n) is 6.33. The minimum atomic E-state index is -4.76. The zero-order valence-electron chi connectivity index (χ0n) is 14.4. The molecule has 2 aromatic rings. The van der Waals surface area contributed by atoms with Gasteiger partial charge in [0.2, 0.25) is 5.91 Å². The molecular formula is C19H19F3N2O2. The van der Waals surface area contributed by atoms with E-state index in [1.807, 2.05) is 31.2 Å². The molecule has 4 nitrogen and oxygen atoms in total. The third-order valence-corrected chi connectivity index (χ3v) is 4.27. The number of amides is 1. The molecule has 0 radical (unpaired) electrons. The van der Waals surface area contributed by atoms with E-state index >= 15 is 0 Å². The van der Waals surface area contributed by atoms with E-state index in [4.69, 9.17) is 0 Å². The maximum absolute atomic E-state index is 12.9. The van der Waals surface area contributed by atoms with Gasteiger partial charge >= 0.3 is 6.36 Å². The molecule has 1 heterocycles. The lowest BCUT2D eigenvalue weighted by atomic mass is 10.1. The average molecular weight is 364 g/mol. The van der Waals surface area contributed by atoms with Crippen molar-refractivity contribution >= 4 is 17.3 Å². The maximum Gasteiger partial charge on any atom is 0.573 e. The molecule has 0 saturated carbocycles. The predicted molar refractivity (Wildman–Crippen MR) is 93.3 cm³/mol. The number of nitrogens with zero attached hydrogens (tertiary/aromatic N) is 1. The normalized spacial score (nSPS) is 17.6. The third-order valence-electron chi connectivity index (χ3n) is 4.27. The zero-order chi connectivity index (χ0) is 18.9. The molecule has 1 N–H and O–H groups in total. The first-order valence-electron chi connectivity index (χ1n) is 8.28. The summed E-state index contributed by atoms with van der Waals surface area (Å²) in [5, 5.41) is 2.96. The van der Waals surface area contributed by atoms with Crippen molar-refractivity contribution in [3.05, 3.63) is 54.1 Å². The van der Waals surface area contributed by atoms with Crippen molar-refractivity contribution in [2.45, 2.75) is 38.7 Å². The quantitative estimate of drug-likeness (QED) is 0.876. The van der Waals surface area contributed by atoms with E-state index in [9.17, 15) is 18.0 Å². The van der Waals surface area contributed by atoms with Gasteiger partial charge in [-0.05, 0) is 44.0 Å². The molecule has 26 heavy (non-hydrogen) atoms. The van der Waals surface area contributed by atoms with E-state index in [-0.39, 0.29) is 17.7 Å². The number of fused-ring (bicyclic) bond motifs is 1. The van der Waals surface area contributed by atoms with Crippen molar-refractivity contribution in [1.82, 2.24) is 0 Å². The highest BCUT2D eigenvalue weighted by atomic mass is 19.4. The van der Waals surface area contributed by atoms with Crippen LogP contribution in [0.4, 0.5) is 24.5 Å². The second kappa shape index (κ2) is 6.90. The topological polar surface area (TPSA) is 41.6 Å². The Morgan fingerprint density at radius 3 is 2.69 bits per heavy atom. The fraction of sp³-hybridized carbons (Fsp3) is 0.316. The van der Waals surface area contributed by atoms with Crippen LogP contribution in [-0.2, 0) is 11.2 Å². The van der Waals surface area contributed by atoms with Crippen molar-refractivity contribution < 1.29 is 22.7 Å². The van der Waals surface area contributed by atoms with Crippen LogP contribution >= 0.6 is 0 Å². The van der Waals surface area contributed by atoms with Gasteiger partial charge in [-0.1, -0.05) is 24.3 Å². The van der Waals surface area contributed by atoms with E-state index in [0.29, 0.717) is 5.69 Å². The van der Waals surface area contributed by atoms with Crippen LogP contribution in [0.15, 0.2) is 48.5 Å². The number of para-hydroxylation sites is 1. The summed E-state index contributed by atoms with van der Waals surface area (Å²) in [6, 6.07) is 12.6. The number of halogens is 3. The molecule has 2 atom stereocenters. The van der Waals surface area contributed by atoms with Gasteiger partial charge in [-0.15, -0.1) is 13.2 Å². The minimum Gasteiger partial charge on any atom is -0.406 e. The molecular weight excluding hydrogens is 345 g/mol. The molecule has 138 valence electrons. The second-order valence-corrected chi connectivity index (χ2v) is 6.33. The van der Waals surface area contributed by atoms with Crippen molar-refractivity contribution in [2.24, 2.45) is 0 Å². The number of carbonyl (C=O) groups excluding carboxylic acids is 1. The number of rotatable bonds is 4. The van der Waals surface area contributed by atoms with E-state index in [1.165, 1.54) is 18.2 Å². The van der Waals surface area contributed by atoms with Crippen LogP contribution < -0.4 is 15.0 Å². The molecule has 0 unspecified atom stereocenters. The van der Waals surface area contributed by atoms with E-state index in [1.54, 1.807) is 17.9 Å². The average Bonchev–Trinajstić information content (AvgIpc) is 2.88. The van der Waals surface area contributed by atoms with Crippen molar-refractivity contribution in [3.8, 4) is 5.75 Å². The third kappa shape index (κ3) is 3.92. The molecule has 1 aliphatic rings. The fourth-order valence-corrected chi connectivity index (χ4v) is 3.20. The van der Waals surface area contributed by atoms with Gasteiger partial charge in [0.25, 0.3) is 0 Å². The lowest BCUT2D eigenvalue weighted by Crippen LogP contribution is -2.44. The van der Waals surface area contributed by atoms with E-state index in [0.717, 1.165) is 17.7 Å². The highest BCUT2D eigenvalue weighted by Gasteiger charge is 2.33. The van der Waals surface area contributed by atoms with Crippen LogP contribution in [0.1, 0.15) is 19.4 Å². The van der Waals surface area contributed by atoms with Gasteiger partial charge in [0, 0.05) is 23.5 Å². The lowest BCUT2D eigenvalue weighted by Gasteiger charge is -2.27. The Hall–Kier alpha value is -2.70. The smallest absolute Gasteiger partial charge is 0.406 e. The van der Waals surface area contributed by atoms with Crippen LogP contribution in [0.5, 0.6) is 5.75 Å². The first kappa shape index (κ1) is 18.1. The molecule has 1 amide bonds. The molecule has 3 rings (SSSR count). The van der Waals surface area contributed by atoms with Crippen LogP contribution in [0.25, 0.3) is 0 Å². The van der Waals surface area contributed by atoms with Crippen LogP contribution in [0, 0.1) is 0 Å². The molecule has 0 saturated heterocycles. The van der Waals surface area contributed by atoms with Gasteiger partial charge in [0.05, 0.1) is 0 Å². The van der Waals surface area contributed by atoms with Gasteiger partial charge in [0.15, 0.2) is 0 Å². The molecule has 0 aliphatic carbocycles. The van der Waals surface area contributed by atoms with Gasteiger partial charge in [-0.2, -0.15) is 0 Å². The first-order chi connectivity index (χ1) is 12.2. The summed E-state index contributed by atoms with van der Waals surface area (Å²) < 4.78 is 41.0. The maximum atomic E-state index is 12.9. The van der Waals surface area contributed by atoms with Gasteiger partial charge in [0.1, 0.15) is 11.8 Å². The van der Waals surface area contributed by atoms with Gasteiger partial charge < -0.3 is 15.0 Å². The monoisotopic (exact) mass is 364 g/mol. The SMILES string of the molecule is C[C@H](Nc1cccc(OC(F)(F)F)c1)C(=O)N1c2ccccc2C[C@@H]1C. The predicted octanol–water partition coefficient (Wildman–Crippen LogP) is 4.36. The Morgan fingerprint density at radius 2 is 1.96 bits per heavy atom. The van der Waals surface area contributed by atoms with Gasteiger partial charge in [-0.25, -0.2) is 0 Å². The lowest BCUT2D eigenvalue weighted by molar-refractivity contribution is -0.274. The minimum absolute atomic E-state index is 0.0315.